The molecular formula is C17H33IN6. The van der Waals surface area contributed by atoms with Crippen molar-refractivity contribution in [2.24, 2.45) is 4.99 Å². The van der Waals surface area contributed by atoms with Crippen LogP contribution in [0, 0.1) is 0 Å². The SMILES string of the molecule is CN=C(NCCCn1cccn1)NCCN(C)C1CCCCC1.I. The number of aryl methyl sites for hydroxylation is 1. The van der Waals surface area contributed by atoms with Crippen molar-refractivity contribution >= 4 is 29.9 Å². The highest BCUT2D eigenvalue weighted by Crippen LogP contribution is 2.21. The average molecular weight is 448 g/mol. The van der Waals surface area contributed by atoms with Gasteiger partial charge in [0.15, 0.2) is 5.96 Å². The van der Waals surface area contributed by atoms with E-state index in [9.17, 15) is 0 Å². The summed E-state index contributed by atoms with van der Waals surface area (Å²) in [7, 11) is 4.08. The first kappa shape index (κ1) is 21.2. The van der Waals surface area contributed by atoms with Crippen LogP contribution in [0.1, 0.15) is 38.5 Å². The lowest BCUT2D eigenvalue weighted by molar-refractivity contribution is 0.194. The number of hydrogen-bond acceptors (Lipinski definition) is 3. The monoisotopic (exact) mass is 448 g/mol. The zero-order valence-electron chi connectivity index (χ0n) is 15.1. The molecule has 0 aliphatic heterocycles. The highest BCUT2D eigenvalue weighted by Gasteiger charge is 2.17. The van der Waals surface area contributed by atoms with Crippen LogP contribution in [-0.4, -0.2) is 60.4 Å². The van der Waals surface area contributed by atoms with Crippen LogP contribution < -0.4 is 10.6 Å². The molecule has 1 aromatic rings. The van der Waals surface area contributed by atoms with Gasteiger partial charge in [-0.1, -0.05) is 19.3 Å². The molecule has 0 atom stereocenters. The zero-order valence-corrected chi connectivity index (χ0v) is 17.4. The Morgan fingerprint density at radius 3 is 2.67 bits per heavy atom. The van der Waals surface area contributed by atoms with E-state index in [0.29, 0.717) is 0 Å². The average Bonchev–Trinajstić information content (AvgIpc) is 3.11. The van der Waals surface area contributed by atoms with E-state index in [2.05, 4.69) is 32.7 Å². The maximum absolute atomic E-state index is 4.29. The number of nitrogens with zero attached hydrogens (tertiary/aromatic N) is 4. The zero-order chi connectivity index (χ0) is 16.3. The Bertz CT molecular complexity index is 442. The molecule has 1 fully saturated rings. The van der Waals surface area contributed by atoms with Gasteiger partial charge in [-0.05, 0) is 32.4 Å². The summed E-state index contributed by atoms with van der Waals surface area (Å²) in [5, 5.41) is 11.0. The third-order valence-electron chi connectivity index (χ3n) is 4.59. The van der Waals surface area contributed by atoms with E-state index in [0.717, 1.165) is 44.6 Å². The van der Waals surface area contributed by atoms with Gasteiger partial charge in [0.25, 0.3) is 0 Å². The first-order valence-electron chi connectivity index (χ1n) is 8.92. The lowest BCUT2D eigenvalue weighted by Gasteiger charge is -2.31. The fourth-order valence-electron chi connectivity index (χ4n) is 3.16. The van der Waals surface area contributed by atoms with Gasteiger partial charge in [0, 0.05) is 51.7 Å². The van der Waals surface area contributed by atoms with Gasteiger partial charge in [-0.2, -0.15) is 5.10 Å². The Labute approximate surface area is 163 Å². The summed E-state index contributed by atoms with van der Waals surface area (Å²) in [6.07, 6.45) is 11.8. The predicted octanol–water partition coefficient (Wildman–Crippen LogP) is 2.32. The second kappa shape index (κ2) is 12.5. The molecule has 1 aliphatic rings. The van der Waals surface area contributed by atoms with Crippen molar-refractivity contribution in [1.29, 1.82) is 0 Å². The van der Waals surface area contributed by atoms with Crippen molar-refractivity contribution < 1.29 is 0 Å². The number of nitrogens with one attached hydrogen (secondary N) is 2. The summed E-state index contributed by atoms with van der Waals surface area (Å²) in [6, 6.07) is 2.73. The smallest absolute Gasteiger partial charge is 0.191 e. The first-order chi connectivity index (χ1) is 11.3. The normalized spacial score (nSPS) is 16.0. The molecule has 0 saturated heterocycles. The van der Waals surface area contributed by atoms with Crippen molar-refractivity contribution in [2.45, 2.75) is 51.1 Å². The molecule has 2 rings (SSSR count). The largest absolute Gasteiger partial charge is 0.356 e. The van der Waals surface area contributed by atoms with Gasteiger partial charge in [-0.3, -0.25) is 9.67 Å². The maximum atomic E-state index is 4.29. The van der Waals surface area contributed by atoms with Crippen LogP contribution >= 0.6 is 24.0 Å². The number of hydrogen-bond donors (Lipinski definition) is 2. The van der Waals surface area contributed by atoms with Gasteiger partial charge in [0.2, 0.25) is 0 Å². The Balaban J connectivity index is 0.00000288. The summed E-state index contributed by atoms with van der Waals surface area (Å²) in [5.41, 5.74) is 0. The Morgan fingerprint density at radius 1 is 1.25 bits per heavy atom. The summed E-state index contributed by atoms with van der Waals surface area (Å²) in [6.45, 7) is 3.84. The van der Waals surface area contributed by atoms with Crippen molar-refractivity contribution in [3.8, 4) is 0 Å². The fraction of sp³-hybridized carbons (Fsp3) is 0.765. The highest BCUT2D eigenvalue weighted by molar-refractivity contribution is 14.0. The molecule has 24 heavy (non-hydrogen) atoms. The summed E-state index contributed by atoms with van der Waals surface area (Å²) >= 11 is 0. The molecule has 1 saturated carbocycles. The van der Waals surface area contributed by atoms with E-state index >= 15 is 0 Å². The summed E-state index contributed by atoms with van der Waals surface area (Å²) in [5.74, 6) is 0.891. The van der Waals surface area contributed by atoms with E-state index in [1.165, 1.54) is 32.1 Å². The van der Waals surface area contributed by atoms with Crippen LogP contribution in [0.4, 0.5) is 0 Å². The molecule has 138 valence electrons. The molecule has 0 aromatic carbocycles. The standard InChI is InChI=1S/C17H32N6.HI/c1-18-17(19-10-6-13-23-14-7-11-21-23)20-12-15-22(2)16-8-4-3-5-9-16;/h7,11,14,16H,3-6,8-10,12-13,15H2,1-2H3,(H2,18,19,20);1H. The molecule has 6 nitrogen and oxygen atoms in total. The quantitative estimate of drug-likeness (QED) is 0.278. The molecule has 7 heteroatoms. The molecular weight excluding hydrogens is 415 g/mol. The van der Waals surface area contributed by atoms with Gasteiger partial charge >= 0.3 is 0 Å². The van der Waals surface area contributed by atoms with E-state index in [1.54, 1.807) is 0 Å². The van der Waals surface area contributed by atoms with Gasteiger partial charge < -0.3 is 15.5 Å². The summed E-state index contributed by atoms with van der Waals surface area (Å²) < 4.78 is 1.96. The molecule has 1 aliphatic carbocycles. The minimum absolute atomic E-state index is 0. The summed E-state index contributed by atoms with van der Waals surface area (Å²) in [4.78, 5) is 6.78. The second-order valence-corrected chi connectivity index (χ2v) is 6.32. The van der Waals surface area contributed by atoms with E-state index in [4.69, 9.17) is 0 Å². The number of likely N-dealkylation sites (N-methyl/N-ethyl adjacent to an activating group) is 1. The van der Waals surface area contributed by atoms with Crippen LogP contribution in [0.5, 0.6) is 0 Å². The van der Waals surface area contributed by atoms with Gasteiger partial charge in [-0.25, -0.2) is 0 Å². The third-order valence-corrected chi connectivity index (χ3v) is 4.59. The number of rotatable bonds is 8. The van der Waals surface area contributed by atoms with Crippen LogP contribution in [0.15, 0.2) is 23.5 Å². The fourth-order valence-corrected chi connectivity index (χ4v) is 3.16. The van der Waals surface area contributed by atoms with Crippen molar-refractivity contribution in [1.82, 2.24) is 25.3 Å². The van der Waals surface area contributed by atoms with Crippen molar-refractivity contribution in [3.05, 3.63) is 18.5 Å². The van der Waals surface area contributed by atoms with Crippen LogP contribution in [0.2, 0.25) is 0 Å². The number of aromatic nitrogens is 2. The van der Waals surface area contributed by atoms with E-state index in [1.807, 2.05) is 30.2 Å². The minimum Gasteiger partial charge on any atom is -0.356 e. The van der Waals surface area contributed by atoms with Crippen LogP contribution in [-0.2, 0) is 6.54 Å². The Morgan fingerprint density at radius 2 is 2.00 bits per heavy atom. The topological polar surface area (TPSA) is 57.5 Å². The Hall–Kier alpha value is -0.830. The molecule has 0 radical (unpaired) electrons. The molecule has 0 spiro atoms. The van der Waals surface area contributed by atoms with Gasteiger partial charge in [-0.15, -0.1) is 24.0 Å². The molecule has 0 bridgehead atoms. The third kappa shape index (κ3) is 7.83. The first-order valence-corrected chi connectivity index (χ1v) is 8.92. The highest BCUT2D eigenvalue weighted by atomic mass is 127. The van der Waals surface area contributed by atoms with Crippen LogP contribution in [0.3, 0.4) is 0 Å². The van der Waals surface area contributed by atoms with Crippen LogP contribution in [0.25, 0.3) is 0 Å². The molecule has 0 amide bonds. The van der Waals surface area contributed by atoms with Crippen molar-refractivity contribution in [2.75, 3.05) is 33.7 Å². The number of guanidine groups is 1. The van der Waals surface area contributed by atoms with Crippen molar-refractivity contribution in [3.63, 3.8) is 0 Å². The lowest BCUT2D eigenvalue weighted by atomic mass is 9.94. The van der Waals surface area contributed by atoms with Gasteiger partial charge in [0.05, 0.1) is 0 Å². The van der Waals surface area contributed by atoms with Gasteiger partial charge in [0.1, 0.15) is 0 Å². The maximum Gasteiger partial charge on any atom is 0.191 e. The lowest BCUT2D eigenvalue weighted by Crippen LogP contribution is -2.43. The molecule has 2 N–H and O–H groups in total. The van der Waals surface area contributed by atoms with E-state index < -0.39 is 0 Å². The number of aliphatic imine (C=N–C) groups is 1. The molecule has 0 unspecified atom stereocenters. The molecule has 1 heterocycles. The predicted molar refractivity (Wildman–Crippen MR) is 111 cm³/mol. The van der Waals surface area contributed by atoms with E-state index in [-0.39, 0.29) is 24.0 Å². The minimum atomic E-state index is 0. The molecule has 1 aromatic heterocycles. The number of halogens is 1. The Kier molecular flexibility index (Phi) is 11.1. The second-order valence-electron chi connectivity index (χ2n) is 6.32.